The van der Waals surface area contributed by atoms with Crippen molar-refractivity contribution in [3.63, 3.8) is 0 Å². The molecule has 0 aromatic carbocycles. The zero-order valence-electron chi connectivity index (χ0n) is 10.6. The Hall–Kier alpha value is -1.93. The summed E-state index contributed by atoms with van der Waals surface area (Å²) in [5.41, 5.74) is 5.52. The van der Waals surface area contributed by atoms with Crippen LogP contribution in [0.3, 0.4) is 0 Å². The highest BCUT2D eigenvalue weighted by atomic mass is 16.6. The van der Waals surface area contributed by atoms with E-state index in [0.717, 1.165) is 0 Å². The molecule has 0 radical (unpaired) electrons. The predicted molar refractivity (Wildman–Crippen MR) is 68.5 cm³/mol. The summed E-state index contributed by atoms with van der Waals surface area (Å²) in [6.07, 6.45) is -0.138. The van der Waals surface area contributed by atoms with E-state index in [9.17, 15) is 10.1 Å². The molecule has 19 heavy (non-hydrogen) atoms. The number of nitrogens with two attached hydrogens (primary N) is 1. The van der Waals surface area contributed by atoms with Crippen LogP contribution in [-0.4, -0.2) is 49.4 Å². The lowest BCUT2D eigenvalue weighted by atomic mass is 10.2. The second kappa shape index (κ2) is 5.81. The Morgan fingerprint density at radius 1 is 1.68 bits per heavy atom. The first-order valence-corrected chi connectivity index (χ1v) is 5.91. The molecule has 1 saturated heterocycles. The van der Waals surface area contributed by atoms with Crippen molar-refractivity contribution in [2.24, 2.45) is 5.73 Å². The van der Waals surface area contributed by atoms with E-state index in [1.54, 1.807) is 0 Å². The van der Waals surface area contributed by atoms with Crippen molar-refractivity contribution in [3.8, 4) is 5.88 Å². The molecule has 8 heteroatoms. The molecule has 2 rings (SSSR count). The Balaban J connectivity index is 2.32. The lowest BCUT2D eigenvalue weighted by molar-refractivity contribution is -0.384. The van der Waals surface area contributed by atoms with Crippen LogP contribution in [-0.2, 0) is 4.74 Å². The highest BCUT2D eigenvalue weighted by Gasteiger charge is 2.27. The smallest absolute Gasteiger partial charge is 0.311 e. The van der Waals surface area contributed by atoms with Crippen LogP contribution in [0, 0.1) is 10.1 Å². The number of nitrogens with zero attached hydrogens (tertiary/aromatic N) is 3. The van der Waals surface area contributed by atoms with Gasteiger partial charge >= 0.3 is 5.69 Å². The molecule has 0 bridgehead atoms. The highest BCUT2D eigenvalue weighted by molar-refractivity contribution is 5.59. The van der Waals surface area contributed by atoms with Gasteiger partial charge in [0, 0.05) is 31.8 Å². The summed E-state index contributed by atoms with van der Waals surface area (Å²) in [4.78, 5) is 16.6. The predicted octanol–water partition coefficient (Wildman–Crippen LogP) is 0.162. The molecule has 0 aliphatic carbocycles. The number of nitro groups is 1. The number of aromatic nitrogens is 1. The fourth-order valence-electron chi connectivity index (χ4n) is 1.97. The van der Waals surface area contributed by atoms with E-state index in [0.29, 0.717) is 37.9 Å². The molecule has 0 spiro atoms. The van der Waals surface area contributed by atoms with Gasteiger partial charge in [0.2, 0.25) is 11.7 Å². The van der Waals surface area contributed by atoms with Gasteiger partial charge in [0.1, 0.15) is 0 Å². The lowest BCUT2D eigenvalue weighted by Gasteiger charge is -2.32. The summed E-state index contributed by atoms with van der Waals surface area (Å²) < 4.78 is 10.5. The molecule has 1 aliphatic heterocycles. The number of pyridine rings is 1. The van der Waals surface area contributed by atoms with E-state index in [2.05, 4.69) is 4.98 Å². The molecule has 1 aromatic heterocycles. The Labute approximate surface area is 110 Å². The van der Waals surface area contributed by atoms with Crippen LogP contribution in [0.5, 0.6) is 5.88 Å². The van der Waals surface area contributed by atoms with Gasteiger partial charge in [-0.15, -0.1) is 0 Å². The van der Waals surface area contributed by atoms with Crippen molar-refractivity contribution < 1.29 is 14.4 Å². The molecule has 1 atom stereocenters. The van der Waals surface area contributed by atoms with Crippen molar-refractivity contribution in [1.29, 1.82) is 0 Å². The van der Waals surface area contributed by atoms with Gasteiger partial charge in [-0.2, -0.15) is 4.98 Å². The lowest BCUT2D eigenvalue weighted by Crippen LogP contribution is -2.46. The van der Waals surface area contributed by atoms with Crippen LogP contribution >= 0.6 is 0 Å². The fraction of sp³-hybridized carbons (Fsp3) is 0.545. The van der Waals surface area contributed by atoms with Crippen LogP contribution < -0.4 is 15.4 Å². The Morgan fingerprint density at radius 2 is 2.47 bits per heavy atom. The number of hydrogen-bond acceptors (Lipinski definition) is 7. The maximum absolute atomic E-state index is 11.1. The number of anilines is 1. The minimum atomic E-state index is -0.450. The van der Waals surface area contributed by atoms with Crippen molar-refractivity contribution in [1.82, 2.24) is 4.98 Å². The van der Waals surface area contributed by atoms with Gasteiger partial charge < -0.3 is 20.1 Å². The molecule has 0 saturated carbocycles. The topological polar surface area (TPSA) is 104 Å². The summed E-state index contributed by atoms with van der Waals surface area (Å²) in [7, 11) is 1.47. The number of hydrogen-bond donors (Lipinski definition) is 1. The third-order valence-corrected chi connectivity index (χ3v) is 2.94. The summed E-state index contributed by atoms with van der Waals surface area (Å²) in [5, 5.41) is 11.1. The van der Waals surface area contributed by atoms with Gasteiger partial charge in [-0.3, -0.25) is 10.1 Å². The molecule has 8 nitrogen and oxygen atoms in total. The summed E-state index contributed by atoms with van der Waals surface area (Å²) >= 11 is 0. The third kappa shape index (κ3) is 2.91. The third-order valence-electron chi connectivity index (χ3n) is 2.94. The first-order chi connectivity index (χ1) is 9.15. The van der Waals surface area contributed by atoms with Gasteiger partial charge in [-0.1, -0.05) is 0 Å². The first-order valence-electron chi connectivity index (χ1n) is 5.91. The molecule has 104 valence electrons. The molecule has 2 N–H and O–H groups in total. The molecular formula is C11H16N4O4. The maximum atomic E-state index is 11.1. The normalized spacial score (nSPS) is 19.3. The SMILES string of the molecule is COc1ccc([N+](=O)[O-])c(N2CCOC(CN)C2)n1. The molecular weight excluding hydrogens is 252 g/mol. The van der Waals surface area contributed by atoms with Crippen LogP contribution in [0.2, 0.25) is 0 Å². The number of ether oxygens (including phenoxy) is 2. The molecule has 2 heterocycles. The van der Waals surface area contributed by atoms with E-state index < -0.39 is 4.92 Å². The number of rotatable bonds is 4. The van der Waals surface area contributed by atoms with Crippen molar-refractivity contribution in [3.05, 3.63) is 22.2 Å². The average molecular weight is 268 g/mol. The molecule has 1 aliphatic rings. The van der Waals surface area contributed by atoms with Crippen LogP contribution in [0.15, 0.2) is 12.1 Å². The van der Waals surface area contributed by atoms with Gasteiger partial charge in [-0.25, -0.2) is 0 Å². The molecule has 1 aromatic rings. The fourth-order valence-corrected chi connectivity index (χ4v) is 1.97. The molecule has 1 unspecified atom stereocenters. The van der Waals surface area contributed by atoms with Crippen LogP contribution in [0.25, 0.3) is 0 Å². The van der Waals surface area contributed by atoms with Crippen molar-refractivity contribution >= 4 is 11.5 Å². The number of methoxy groups -OCH3 is 1. The second-order valence-corrected chi connectivity index (χ2v) is 4.13. The van der Waals surface area contributed by atoms with Gasteiger partial charge in [0.05, 0.1) is 24.7 Å². The average Bonchev–Trinajstić information content (AvgIpc) is 2.46. The van der Waals surface area contributed by atoms with Crippen molar-refractivity contribution in [2.75, 3.05) is 38.3 Å². The van der Waals surface area contributed by atoms with Gasteiger partial charge in [0.25, 0.3) is 0 Å². The number of morpholine rings is 1. The molecule has 0 amide bonds. The van der Waals surface area contributed by atoms with E-state index in [4.69, 9.17) is 15.2 Å². The second-order valence-electron chi connectivity index (χ2n) is 4.13. The summed E-state index contributed by atoms with van der Waals surface area (Å²) in [6.45, 7) is 1.86. The zero-order chi connectivity index (χ0) is 13.8. The summed E-state index contributed by atoms with van der Waals surface area (Å²) in [5.74, 6) is 0.641. The van der Waals surface area contributed by atoms with Crippen LogP contribution in [0.1, 0.15) is 0 Å². The maximum Gasteiger partial charge on any atom is 0.311 e. The largest absolute Gasteiger partial charge is 0.481 e. The molecule has 1 fully saturated rings. The van der Waals surface area contributed by atoms with Gasteiger partial charge in [0.15, 0.2) is 0 Å². The van der Waals surface area contributed by atoms with E-state index in [1.165, 1.54) is 19.2 Å². The summed E-state index contributed by atoms with van der Waals surface area (Å²) in [6, 6.07) is 2.87. The Bertz CT molecular complexity index is 468. The van der Waals surface area contributed by atoms with E-state index in [-0.39, 0.29) is 11.8 Å². The first kappa shape index (κ1) is 13.5. The van der Waals surface area contributed by atoms with Crippen molar-refractivity contribution in [2.45, 2.75) is 6.10 Å². The highest BCUT2D eigenvalue weighted by Crippen LogP contribution is 2.29. The quantitative estimate of drug-likeness (QED) is 0.612. The standard InChI is InChI=1S/C11H16N4O4/c1-18-10-3-2-9(15(16)17)11(13-10)14-4-5-19-8(6-12)7-14/h2-3,8H,4-7,12H2,1H3. The Morgan fingerprint density at radius 3 is 3.11 bits per heavy atom. The monoisotopic (exact) mass is 268 g/mol. The minimum absolute atomic E-state index is 0.0431. The van der Waals surface area contributed by atoms with Crippen LogP contribution in [0.4, 0.5) is 11.5 Å². The van der Waals surface area contributed by atoms with E-state index in [1.807, 2.05) is 4.90 Å². The van der Waals surface area contributed by atoms with E-state index >= 15 is 0 Å². The zero-order valence-corrected chi connectivity index (χ0v) is 10.6. The van der Waals surface area contributed by atoms with Gasteiger partial charge in [-0.05, 0) is 0 Å². The minimum Gasteiger partial charge on any atom is -0.481 e. The Kier molecular flexibility index (Phi) is 4.13.